The van der Waals surface area contributed by atoms with E-state index in [0.29, 0.717) is 13.1 Å². The number of carbonyl (C=O) groups is 3. The first kappa shape index (κ1) is 18.4. The van der Waals surface area contributed by atoms with E-state index in [1.165, 1.54) is 25.3 Å². The molecule has 1 saturated heterocycles. The standard InChI is InChI=1S/C20H20N2O5/c1-27-20(26)14-7-8-16(17(23)9-14)21-19(25)15-10-18(24)22(12-15)11-13-5-3-2-4-6-13/h2-9,15,23H,10-12H2,1H3,(H,21,25). The minimum Gasteiger partial charge on any atom is -0.506 e. The van der Waals surface area contributed by atoms with E-state index in [9.17, 15) is 19.5 Å². The van der Waals surface area contributed by atoms with Gasteiger partial charge in [0, 0.05) is 19.5 Å². The number of benzene rings is 2. The minimum absolute atomic E-state index is 0.0794. The number of nitrogens with one attached hydrogen (secondary N) is 1. The number of carbonyl (C=O) groups excluding carboxylic acids is 3. The molecule has 3 rings (SSSR count). The highest BCUT2D eigenvalue weighted by molar-refractivity contribution is 5.99. The molecule has 1 aliphatic rings. The second-order valence-corrected chi connectivity index (χ2v) is 6.37. The number of hydrogen-bond donors (Lipinski definition) is 2. The van der Waals surface area contributed by atoms with Crippen LogP contribution in [0, 0.1) is 5.92 Å². The zero-order valence-electron chi connectivity index (χ0n) is 14.8. The lowest BCUT2D eigenvalue weighted by Gasteiger charge is -2.17. The summed E-state index contributed by atoms with van der Waals surface area (Å²) in [5.41, 5.74) is 1.36. The molecule has 0 aliphatic carbocycles. The van der Waals surface area contributed by atoms with Crippen molar-refractivity contribution in [3.8, 4) is 5.75 Å². The van der Waals surface area contributed by atoms with E-state index in [1.807, 2.05) is 30.3 Å². The molecule has 0 saturated carbocycles. The van der Waals surface area contributed by atoms with Crippen LogP contribution in [0.3, 0.4) is 0 Å². The van der Waals surface area contributed by atoms with Gasteiger partial charge in [-0.25, -0.2) is 4.79 Å². The van der Waals surface area contributed by atoms with Crippen molar-refractivity contribution in [2.75, 3.05) is 19.0 Å². The van der Waals surface area contributed by atoms with E-state index in [-0.39, 0.29) is 35.2 Å². The smallest absolute Gasteiger partial charge is 0.337 e. The van der Waals surface area contributed by atoms with Gasteiger partial charge in [-0.3, -0.25) is 9.59 Å². The van der Waals surface area contributed by atoms with Crippen molar-refractivity contribution < 1.29 is 24.2 Å². The molecule has 1 unspecified atom stereocenters. The highest BCUT2D eigenvalue weighted by Crippen LogP contribution is 2.27. The first-order chi connectivity index (χ1) is 13.0. The van der Waals surface area contributed by atoms with Crippen molar-refractivity contribution >= 4 is 23.5 Å². The third-order valence-corrected chi connectivity index (χ3v) is 4.48. The van der Waals surface area contributed by atoms with Gasteiger partial charge in [0.15, 0.2) is 0 Å². The number of rotatable bonds is 5. The summed E-state index contributed by atoms with van der Waals surface area (Å²) in [7, 11) is 1.24. The normalized spacial score (nSPS) is 16.3. The average molecular weight is 368 g/mol. The van der Waals surface area contributed by atoms with Crippen LogP contribution in [-0.4, -0.2) is 41.4 Å². The molecule has 1 heterocycles. The Bertz CT molecular complexity index is 866. The zero-order valence-corrected chi connectivity index (χ0v) is 14.8. The molecule has 0 radical (unpaired) electrons. The molecule has 1 fully saturated rings. The Labute approximate surface area is 156 Å². The molecule has 7 heteroatoms. The number of phenols is 1. The molecule has 2 amide bonds. The molecule has 2 N–H and O–H groups in total. The number of esters is 1. The molecule has 2 aromatic rings. The van der Waals surface area contributed by atoms with Crippen LogP contribution in [0.4, 0.5) is 5.69 Å². The lowest BCUT2D eigenvalue weighted by Crippen LogP contribution is -2.28. The summed E-state index contributed by atoms with van der Waals surface area (Å²) in [6.07, 6.45) is 0.125. The summed E-state index contributed by atoms with van der Waals surface area (Å²) in [5.74, 6) is -1.75. The topological polar surface area (TPSA) is 95.9 Å². The second-order valence-electron chi connectivity index (χ2n) is 6.37. The Balaban J connectivity index is 1.63. The van der Waals surface area contributed by atoms with Gasteiger partial charge in [-0.05, 0) is 23.8 Å². The van der Waals surface area contributed by atoms with E-state index in [4.69, 9.17) is 0 Å². The molecule has 0 spiro atoms. The van der Waals surface area contributed by atoms with Crippen molar-refractivity contribution in [2.45, 2.75) is 13.0 Å². The number of nitrogens with zero attached hydrogens (tertiary/aromatic N) is 1. The SMILES string of the molecule is COC(=O)c1ccc(NC(=O)C2CC(=O)N(Cc3ccccc3)C2)c(O)c1. The first-order valence-corrected chi connectivity index (χ1v) is 8.52. The Kier molecular flexibility index (Phi) is 5.40. The van der Waals surface area contributed by atoms with Gasteiger partial charge in [0.1, 0.15) is 5.75 Å². The Morgan fingerprint density at radius 2 is 1.96 bits per heavy atom. The minimum atomic E-state index is -0.582. The molecule has 0 bridgehead atoms. The Hall–Kier alpha value is -3.35. The van der Waals surface area contributed by atoms with Crippen LogP contribution in [0.25, 0.3) is 0 Å². The van der Waals surface area contributed by atoms with Crippen LogP contribution in [0.1, 0.15) is 22.3 Å². The number of amides is 2. The molecule has 1 aliphatic heterocycles. The Morgan fingerprint density at radius 3 is 2.63 bits per heavy atom. The predicted molar refractivity (Wildman–Crippen MR) is 98.0 cm³/mol. The van der Waals surface area contributed by atoms with E-state index in [1.54, 1.807) is 4.90 Å². The summed E-state index contributed by atoms with van der Waals surface area (Å²) in [6, 6.07) is 13.7. The van der Waals surface area contributed by atoms with Crippen LogP contribution >= 0.6 is 0 Å². The van der Waals surface area contributed by atoms with Crippen LogP contribution in [0.5, 0.6) is 5.75 Å². The van der Waals surface area contributed by atoms with Gasteiger partial charge in [-0.15, -0.1) is 0 Å². The fourth-order valence-electron chi connectivity index (χ4n) is 3.02. The van der Waals surface area contributed by atoms with Gasteiger partial charge in [0.05, 0.1) is 24.3 Å². The summed E-state index contributed by atoms with van der Waals surface area (Å²) in [6.45, 7) is 0.781. The van der Waals surface area contributed by atoms with E-state index < -0.39 is 11.9 Å². The number of aromatic hydroxyl groups is 1. The summed E-state index contributed by atoms with van der Waals surface area (Å²) < 4.78 is 4.59. The maximum Gasteiger partial charge on any atom is 0.337 e. The number of methoxy groups -OCH3 is 1. The van der Waals surface area contributed by atoms with Crippen LogP contribution in [-0.2, 0) is 20.9 Å². The number of anilines is 1. The first-order valence-electron chi connectivity index (χ1n) is 8.52. The van der Waals surface area contributed by atoms with Gasteiger partial charge in [0.25, 0.3) is 0 Å². The van der Waals surface area contributed by atoms with Crippen molar-refractivity contribution in [1.82, 2.24) is 4.90 Å². The average Bonchev–Trinajstić information content (AvgIpc) is 3.04. The number of hydrogen-bond acceptors (Lipinski definition) is 5. The van der Waals surface area contributed by atoms with Crippen LogP contribution < -0.4 is 5.32 Å². The lowest BCUT2D eigenvalue weighted by molar-refractivity contribution is -0.128. The molecule has 2 aromatic carbocycles. The maximum atomic E-state index is 12.5. The largest absolute Gasteiger partial charge is 0.506 e. The molecule has 140 valence electrons. The number of phenolic OH excluding ortho intramolecular Hbond substituents is 1. The summed E-state index contributed by atoms with van der Waals surface area (Å²) in [4.78, 5) is 37.8. The zero-order chi connectivity index (χ0) is 19.4. The van der Waals surface area contributed by atoms with Gasteiger partial charge < -0.3 is 20.1 Å². The van der Waals surface area contributed by atoms with Gasteiger partial charge in [-0.2, -0.15) is 0 Å². The predicted octanol–water partition coefficient (Wildman–Crippen LogP) is 2.17. The molecule has 27 heavy (non-hydrogen) atoms. The van der Waals surface area contributed by atoms with Crippen LogP contribution in [0.2, 0.25) is 0 Å². The van der Waals surface area contributed by atoms with Crippen LogP contribution in [0.15, 0.2) is 48.5 Å². The lowest BCUT2D eigenvalue weighted by atomic mass is 10.1. The number of likely N-dealkylation sites (tertiary alicyclic amines) is 1. The third-order valence-electron chi connectivity index (χ3n) is 4.48. The van der Waals surface area contributed by atoms with E-state index in [0.717, 1.165) is 5.56 Å². The summed E-state index contributed by atoms with van der Waals surface area (Å²) >= 11 is 0. The maximum absolute atomic E-state index is 12.5. The second kappa shape index (κ2) is 7.90. The fourth-order valence-corrected chi connectivity index (χ4v) is 3.02. The van der Waals surface area contributed by atoms with Gasteiger partial charge in [-0.1, -0.05) is 30.3 Å². The van der Waals surface area contributed by atoms with Gasteiger partial charge >= 0.3 is 5.97 Å². The molecular weight excluding hydrogens is 348 g/mol. The van der Waals surface area contributed by atoms with Crippen molar-refractivity contribution in [3.05, 3.63) is 59.7 Å². The van der Waals surface area contributed by atoms with Crippen molar-refractivity contribution in [1.29, 1.82) is 0 Å². The highest BCUT2D eigenvalue weighted by atomic mass is 16.5. The van der Waals surface area contributed by atoms with Crippen molar-refractivity contribution in [2.24, 2.45) is 5.92 Å². The molecular formula is C20H20N2O5. The van der Waals surface area contributed by atoms with E-state index >= 15 is 0 Å². The fraction of sp³-hybridized carbons (Fsp3) is 0.250. The Morgan fingerprint density at radius 1 is 1.22 bits per heavy atom. The van der Waals surface area contributed by atoms with E-state index in [2.05, 4.69) is 10.1 Å². The van der Waals surface area contributed by atoms with Crippen molar-refractivity contribution in [3.63, 3.8) is 0 Å². The third kappa shape index (κ3) is 4.25. The molecule has 1 atom stereocenters. The monoisotopic (exact) mass is 368 g/mol. The van der Waals surface area contributed by atoms with Gasteiger partial charge in [0.2, 0.25) is 11.8 Å². The molecule has 7 nitrogen and oxygen atoms in total. The highest BCUT2D eigenvalue weighted by Gasteiger charge is 2.34. The number of ether oxygens (including phenoxy) is 1. The molecule has 0 aromatic heterocycles. The summed E-state index contributed by atoms with van der Waals surface area (Å²) in [5, 5.41) is 12.6. The quantitative estimate of drug-likeness (QED) is 0.623.